The molecule has 1 aromatic rings. The van der Waals surface area contributed by atoms with Crippen molar-refractivity contribution >= 4 is 11.9 Å². The maximum Gasteiger partial charge on any atom is 0.336 e. The highest BCUT2D eigenvalue weighted by molar-refractivity contribution is 5.99. The van der Waals surface area contributed by atoms with E-state index in [-0.39, 0.29) is 0 Å². The molecule has 1 aromatic heterocycles. The zero-order chi connectivity index (χ0) is 16.3. The van der Waals surface area contributed by atoms with E-state index < -0.39 is 17.9 Å². The summed E-state index contributed by atoms with van der Waals surface area (Å²) < 4.78 is 9.77. The second-order valence-electron chi connectivity index (χ2n) is 4.94. The normalized spacial score (nSPS) is 15.5. The van der Waals surface area contributed by atoms with Gasteiger partial charge in [-0.1, -0.05) is 6.07 Å². The molecule has 0 atom stereocenters. The fraction of sp³-hybridized carbons (Fsp3) is 0.312. The number of hydrogen-bond acceptors (Lipinski definition) is 5. The molecule has 0 saturated carbocycles. The van der Waals surface area contributed by atoms with Crippen LogP contribution in [-0.2, 0) is 19.1 Å². The molecular formula is C16H19N2O4+. The number of ether oxygens (including phenoxy) is 2. The quantitative estimate of drug-likeness (QED) is 0.845. The molecule has 1 aliphatic rings. The molecule has 0 unspecified atom stereocenters. The van der Waals surface area contributed by atoms with Gasteiger partial charge < -0.3 is 14.8 Å². The summed E-state index contributed by atoms with van der Waals surface area (Å²) in [6.07, 6.45) is 1.74. The third-order valence-electron chi connectivity index (χ3n) is 3.62. The van der Waals surface area contributed by atoms with Gasteiger partial charge in [-0.15, -0.1) is 0 Å². The van der Waals surface area contributed by atoms with Gasteiger partial charge in [0.15, 0.2) is 11.9 Å². The molecule has 2 heterocycles. The van der Waals surface area contributed by atoms with Crippen molar-refractivity contribution in [3.8, 4) is 0 Å². The smallest absolute Gasteiger partial charge is 0.336 e. The lowest BCUT2D eigenvalue weighted by Crippen LogP contribution is -2.34. The van der Waals surface area contributed by atoms with Crippen molar-refractivity contribution in [2.75, 3.05) is 14.2 Å². The Hall–Kier alpha value is -2.63. The Labute approximate surface area is 128 Å². The van der Waals surface area contributed by atoms with E-state index >= 15 is 0 Å². The first kappa shape index (κ1) is 15.8. The number of dihydropyridines is 1. The predicted molar refractivity (Wildman–Crippen MR) is 78.3 cm³/mol. The number of nitrogens with one attached hydrogen (secondary N) is 2. The minimum atomic E-state index is -0.567. The van der Waals surface area contributed by atoms with Crippen LogP contribution in [0.15, 0.2) is 46.9 Å². The van der Waals surface area contributed by atoms with Gasteiger partial charge in [0, 0.05) is 23.5 Å². The van der Waals surface area contributed by atoms with E-state index in [0.717, 1.165) is 0 Å². The van der Waals surface area contributed by atoms with Crippen molar-refractivity contribution < 1.29 is 24.0 Å². The van der Waals surface area contributed by atoms with Crippen LogP contribution in [0.1, 0.15) is 25.5 Å². The SMILES string of the molecule is COC(=O)C1=C(C)NC(C)=C(C(=O)OC)C1c1cccc[nH+]1. The van der Waals surface area contributed by atoms with Crippen molar-refractivity contribution in [3.05, 3.63) is 52.6 Å². The van der Waals surface area contributed by atoms with E-state index in [1.165, 1.54) is 14.2 Å². The Morgan fingerprint density at radius 1 is 1.05 bits per heavy atom. The van der Waals surface area contributed by atoms with Gasteiger partial charge in [0.1, 0.15) is 5.92 Å². The van der Waals surface area contributed by atoms with Gasteiger partial charge in [0.25, 0.3) is 0 Å². The Morgan fingerprint density at radius 3 is 2.00 bits per heavy atom. The van der Waals surface area contributed by atoms with Crippen LogP contribution < -0.4 is 10.3 Å². The topological polar surface area (TPSA) is 78.8 Å². The average molecular weight is 303 g/mol. The molecule has 0 radical (unpaired) electrons. The number of carbonyl (C=O) groups excluding carboxylic acids is 2. The molecule has 6 nitrogen and oxygen atoms in total. The van der Waals surface area contributed by atoms with Gasteiger partial charge in [-0.25, -0.2) is 14.6 Å². The van der Waals surface area contributed by atoms with E-state index in [1.807, 2.05) is 18.2 Å². The molecule has 0 amide bonds. The van der Waals surface area contributed by atoms with E-state index in [9.17, 15) is 9.59 Å². The molecule has 1 aliphatic heterocycles. The highest BCUT2D eigenvalue weighted by Gasteiger charge is 2.40. The van der Waals surface area contributed by atoms with Crippen LogP contribution in [0.3, 0.4) is 0 Å². The minimum Gasteiger partial charge on any atom is -0.466 e. The fourth-order valence-corrected chi connectivity index (χ4v) is 2.65. The van der Waals surface area contributed by atoms with Crippen LogP contribution in [0.4, 0.5) is 0 Å². The molecule has 6 heteroatoms. The summed E-state index contributed by atoms with van der Waals surface area (Å²) in [5.41, 5.74) is 2.79. The molecule has 116 valence electrons. The number of esters is 2. The van der Waals surface area contributed by atoms with Crippen molar-refractivity contribution in [3.63, 3.8) is 0 Å². The first-order valence-corrected chi connectivity index (χ1v) is 6.83. The molecule has 0 spiro atoms. The number of methoxy groups -OCH3 is 2. The van der Waals surface area contributed by atoms with Crippen LogP contribution in [0.2, 0.25) is 0 Å². The molecule has 0 saturated heterocycles. The molecule has 22 heavy (non-hydrogen) atoms. The number of allylic oxidation sites excluding steroid dienone is 2. The van der Waals surface area contributed by atoms with E-state index in [0.29, 0.717) is 28.2 Å². The molecule has 0 fully saturated rings. The van der Waals surface area contributed by atoms with Crippen LogP contribution in [-0.4, -0.2) is 26.2 Å². The summed E-state index contributed by atoms with van der Waals surface area (Å²) in [6, 6.07) is 5.48. The Morgan fingerprint density at radius 2 is 1.59 bits per heavy atom. The fourth-order valence-electron chi connectivity index (χ4n) is 2.65. The van der Waals surface area contributed by atoms with Crippen molar-refractivity contribution in [2.45, 2.75) is 19.8 Å². The van der Waals surface area contributed by atoms with Gasteiger partial charge in [-0.2, -0.15) is 0 Å². The standard InChI is InChI=1S/C16H18N2O4/c1-9-12(15(19)21-3)14(11-7-5-6-8-17-11)13(10(2)18-9)16(20)22-4/h5-8,14,18H,1-4H3/p+1. The number of H-pyrrole nitrogens is 1. The summed E-state index contributed by atoms with van der Waals surface area (Å²) in [5, 5.41) is 3.05. The number of carbonyl (C=O) groups is 2. The molecule has 2 N–H and O–H groups in total. The molecule has 0 aliphatic carbocycles. The van der Waals surface area contributed by atoms with Crippen molar-refractivity contribution in [1.82, 2.24) is 5.32 Å². The third kappa shape index (κ3) is 2.72. The zero-order valence-corrected chi connectivity index (χ0v) is 13.0. The van der Waals surface area contributed by atoms with Gasteiger partial charge >= 0.3 is 11.9 Å². The zero-order valence-electron chi connectivity index (χ0n) is 13.0. The lowest BCUT2D eigenvalue weighted by atomic mass is 9.83. The van der Waals surface area contributed by atoms with Gasteiger partial charge in [-0.3, -0.25) is 0 Å². The average Bonchev–Trinajstić information content (AvgIpc) is 2.53. The highest BCUT2D eigenvalue weighted by Crippen LogP contribution is 2.37. The summed E-state index contributed by atoms with van der Waals surface area (Å²) in [5.74, 6) is -1.54. The highest BCUT2D eigenvalue weighted by atomic mass is 16.5. The lowest BCUT2D eigenvalue weighted by Gasteiger charge is -2.27. The van der Waals surface area contributed by atoms with Crippen molar-refractivity contribution in [2.24, 2.45) is 0 Å². The van der Waals surface area contributed by atoms with E-state index in [4.69, 9.17) is 9.47 Å². The van der Waals surface area contributed by atoms with Gasteiger partial charge in [0.05, 0.1) is 25.4 Å². The van der Waals surface area contributed by atoms with Gasteiger partial charge in [-0.05, 0) is 13.8 Å². The number of hydrogen-bond donors (Lipinski definition) is 1. The monoisotopic (exact) mass is 303 g/mol. The lowest BCUT2D eigenvalue weighted by molar-refractivity contribution is -0.391. The predicted octanol–water partition coefficient (Wildman–Crippen LogP) is 1.08. The van der Waals surface area contributed by atoms with E-state index in [2.05, 4.69) is 10.3 Å². The Balaban J connectivity index is 2.66. The van der Waals surface area contributed by atoms with Crippen molar-refractivity contribution in [1.29, 1.82) is 0 Å². The third-order valence-corrected chi connectivity index (χ3v) is 3.62. The molecule has 0 aromatic carbocycles. The second-order valence-corrected chi connectivity index (χ2v) is 4.94. The van der Waals surface area contributed by atoms with E-state index in [1.54, 1.807) is 20.0 Å². The summed E-state index contributed by atoms with van der Waals surface area (Å²) in [7, 11) is 2.63. The van der Waals surface area contributed by atoms with Crippen LogP contribution in [0.5, 0.6) is 0 Å². The number of aromatic amines is 1. The Bertz CT molecular complexity index is 624. The largest absolute Gasteiger partial charge is 0.466 e. The van der Waals surface area contributed by atoms with Crippen LogP contribution in [0, 0.1) is 0 Å². The van der Waals surface area contributed by atoms with Crippen LogP contribution >= 0.6 is 0 Å². The maximum atomic E-state index is 12.2. The molecular weight excluding hydrogens is 284 g/mol. The summed E-state index contributed by atoms with van der Waals surface area (Å²) >= 11 is 0. The van der Waals surface area contributed by atoms with Gasteiger partial charge in [0.2, 0.25) is 0 Å². The first-order valence-electron chi connectivity index (χ1n) is 6.83. The summed E-state index contributed by atoms with van der Waals surface area (Å²) in [6.45, 7) is 3.56. The van der Waals surface area contributed by atoms with Crippen LogP contribution in [0.25, 0.3) is 0 Å². The number of aromatic nitrogens is 1. The Kier molecular flexibility index (Phi) is 4.60. The number of rotatable bonds is 3. The maximum absolute atomic E-state index is 12.2. The summed E-state index contributed by atoms with van der Waals surface area (Å²) in [4.78, 5) is 27.5. The first-order chi connectivity index (χ1) is 10.5. The second kappa shape index (κ2) is 6.43. The number of pyridine rings is 1. The molecule has 2 rings (SSSR count). The molecule has 0 bridgehead atoms. The minimum absolute atomic E-state index is 0.385.